The van der Waals surface area contributed by atoms with Crippen molar-refractivity contribution in [1.82, 2.24) is 4.98 Å². The molecular formula is C9H10ClFN4. The van der Waals surface area contributed by atoms with Gasteiger partial charge in [-0.15, -0.1) is 0 Å². The summed E-state index contributed by atoms with van der Waals surface area (Å²) in [6, 6.07) is 2.67. The van der Waals surface area contributed by atoms with E-state index >= 15 is 0 Å². The van der Waals surface area contributed by atoms with Crippen LogP contribution in [0.4, 0.5) is 10.2 Å². The molecule has 80 valence electrons. The minimum atomic E-state index is -0.615. The maximum absolute atomic E-state index is 13.3. The maximum Gasteiger partial charge on any atom is 0.166 e. The van der Waals surface area contributed by atoms with Crippen LogP contribution in [0.1, 0.15) is 12.5 Å². The van der Waals surface area contributed by atoms with Gasteiger partial charge in [0.05, 0.1) is 5.56 Å². The Labute approximate surface area is 91.9 Å². The predicted molar refractivity (Wildman–Crippen MR) is 56.1 cm³/mol. The van der Waals surface area contributed by atoms with E-state index < -0.39 is 5.82 Å². The second kappa shape index (κ2) is 4.91. The van der Waals surface area contributed by atoms with Crippen LogP contribution in [-0.2, 0) is 0 Å². The molecule has 0 saturated carbocycles. The van der Waals surface area contributed by atoms with Crippen LogP contribution in [0.15, 0.2) is 6.07 Å². The normalized spacial score (nSPS) is 11.9. The van der Waals surface area contributed by atoms with Gasteiger partial charge in [0.15, 0.2) is 11.6 Å². The van der Waals surface area contributed by atoms with Crippen molar-refractivity contribution in [3.8, 4) is 6.07 Å². The number of pyridine rings is 1. The molecule has 3 N–H and O–H groups in total. The van der Waals surface area contributed by atoms with Crippen LogP contribution >= 0.6 is 11.6 Å². The summed E-state index contributed by atoms with van der Waals surface area (Å²) in [6.45, 7) is 2.13. The minimum Gasteiger partial charge on any atom is -0.364 e. The summed E-state index contributed by atoms with van der Waals surface area (Å²) in [6.07, 6.45) is 0. The SMILES string of the molecule is C[C@H](CN)Nc1nc(Cl)c(C#N)cc1F. The van der Waals surface area contributed by atoms with Gasteiger partial charge in [0, 0.05) is 12.6 Å². The van der Waals surface area contributed by atoms with Gasteiger partial charge in [-0.05, 0) is 13.0 Å². The summed E-state index contributed by atoms with van der Waals surface area (Å²) in [7, 11) is 0. The van der Waals surface area contributed by atoms with E-state index in [1.165, 1.54) is 0 Å². The van der Waals surface area contributed by atoms with Crippen molar-refractivity contribution in [2.24, 2.45) is 5.73 Å². The van der Waals surface area contributed by atoms with Crippen molar-refractivity contribution in [3.63, 3.8) is 0 Å². The van der Waals surface area contributed by atoms with Gasteiger partial charge < -0.3 is 11.1 Å². The molecule has 1 atom stereocenters. The summed E-state index contributed by atoms with van der Waals surface area (Å²) < 4.78 is 13.3. The quantitative estimate of drug-likeness (QED) is 0.769. The predicted octanol–water partition coefficient (Wildman–Crippen LogP) is 1.50. The van der Waals surface area contributed by atoms with E-state index in [1.807, 2.05) is 0 Å². The zero-order valence-corrected chi connectivity index (χ0v) is 8.85. The highest BCUT2D eigenvalue weighted by molar-refractivity contribution is 6.30. The van der Waals surface area contributed by atoms with Gasteiger partial charge in [-0.2, -0.15) is 5.26 Å². The average molecular weight is 229 g/mol. The van der Waals surface area contributed by atoms with Gasteiger partial charge in [-0.25, -0.2) is 9.37 Å². The lowest BCUT2D eigenvalue weighted by Gasteiger charge is -2.12. The molecule has 4 nitrogen and oxygen atoms in total. The smallest absolute Gasteiger partial charge is 0.166 e. The van der Waals surface area contributed by atoms with Gasteiger partial charge in [0.1, 0.15) is 11.2 Å². The van der Waals surface area contributed by atoms with Gasteiger partial charge in [-0.1, -0.05) is 11.6 Å². The first kappa shape index (κ1) is 11.7. The van der Waals surface area contributed by atoms with Crippen molar-refractivity contribution >= 4 is 17.4 Å². The van der Waals surface area contributed by atoms with Crippen molar-refractivity contribution < 1.29 is 4.39 Å². The van der Waals surface area contributed by atoms with E-state index in [0.717, 1.165) is 6.07 Å². The molecule has 0 aromatic carbocycles. The Hall–Kier alpha value is -1.38. The molecule has 6 heteroatoms. The Morgan fingerprint density at radius 1 is 1.80 bits per heavy atom. The van der Waals surface area contributed by atoms with Crippen LogP contribution < -0.4 is 11.1 Å². The monoisotopic (exact) mass is 228 g/mol. The lowest BCUT2D eigenvalue weighted by atomic mass is 10.3. The number of rotatable bonds is 3. The third-order valence-corrected chi connectivity index (χ3v) is 2.07. The van der Waals surface area contributed by atoms with Gasteiger partial charge in [0.2, 0.25) is 0 Å². The van der Waals surface area contributed by atoms with E-state index in [4.69, 9.17) is 22.6 Å². The maximum atomic E-state index is 13.3. The number of nitrogens with one attached hydrogen (secondary N) is 1. The lowest BCUT2D eigenvalue weighted by molar-refractivity contribution is 0.619. The summed E-state index contributed by atoms with van der Waals surface area (Å²) in [4.78, 5) is 3.73. The molecule has 0 aliphatic carbocycles. The third kappa shape index (κ3) is 2.78. The molecule has 0 spiro atoms. The fourth-order valence-electron chi connectivity index (χ4n) is 0.938. The Morgan fingerprint density at radius 3 is 3.00 bits per heavy atom. The van der Waals surface area contributed by atoms with Crippen LogP contribution in [0, 0.1) is 17.1 Å². The number of nitrogens with two attached hydrogens (primary N) is 1. The molecule has 0 saturated heterocycles. The molecule has 0 bridgehead atoms. The van der Waals surface area contributed by atoms with Gasteiger partial charge >= 0.3 is 0 Å². The third-order valence-electron chi connectivity index (χ3n) is 1.79. The second-order valence-corrected chi connectivity index (χ2v) is 3.41. The summed E-state index contributed by atoms with van der Waals surface area (Å²) in [5, 5.41) is 11.3. The Balaban J connectivity index is 3.01. The number of aromatic nitrogens is 1. The molecule has 0 radical (unpaired) electrons. The number of nitrogens with zero attached hydrogens (tertiary/aromatic N) is 2. The highest BCUT2D eigenvalue weighted by Gasteiger charge is 2.11. The number of nitriles is 1. The Kier molecular flexibility index (Phi) is 3.83. The molecule has 0 amide bonds. The van der Waals surface area contributed by atoms with Crippen molar-refractivity contribution in [2.45, 2.75) is 13.0 Å². The molecule has 1 aromatic heterocycles. The van der Waals surface area contributed by atoms with Crippen LogP contribution in [0.3, 0.4) is 0 Å². The Morgan fingerprint density at radius 2 is 2.47 bits per heavy atom. The van der Waals surface area contributed by atoms with Crippen molar-refractivity contribution in [3.05, 3.63) is 22.6 Å². The van der Waals surface area contributed by atoms with Crippen molar-refractivity contribution in [1.29, 1.82) is 5.26 Å². The van der Waals surface area contributed by atoms with Gasteiger partial charge in [0.25, 0.3) is 0 Å². The zero-order chi connectivity index (χ0) is 11.4. The number of hydrogen-bond acceptors (Lipinski definition) is 4. The fraction of sp³-hybridized carbons (Fsp3) is 0.333. The first-order valence-electron chi connectivity index (χ1n) is 4.31. The first-order valence-corrected chi connectivity index (χ1v) is 4.69. The fourth-order valence-corrected chi connectivity index (χ4v) is 1.12. The highest BCUT2D eigenvalue weighted by atomic mass is 35.5. The first-order chi connectivity index (χ1) is 7.08. The molecule has 15 heavy (non-hydrogen) atoms. The topological polar surface area (TPSA) is 74.7 Å². The zero-order valence-electron chi connectivity index (χ0n) is 8.09. The minimum absolute atomic E-state index is 0.0111. The largest absolute Gasteiger partial charge is 0.364 e. The molecule has 0 fully saturated rings. The molecule has 0 unspecified atom stereocenters. The lowest BCUT2D eigenvalue weighted by Crippen LogP contribution is -2.26. The molecule has 1 heterocycles. The van der Waals surface area contributed by atoms with E-state index in [2.05, 4.69) is 10.3 Å². The summed E-state index contributed by atoms with van der Waals surface area (Å²) in [5.74, 6) is -0.604. The van der Waals surface area contributed by atoms with E-state index in [9.17, 15) is 4.39 Å². The number of hydrogen-bond donors (Lipinski definition) is 2. The molecule has 1 aromatic rings. The molecular weight excluding hydrogens is 219 g/mol. The van der Waals surface area contributed by atoms with Gasteiger partial charge in [-0.3, -0.25) is 0 Å². The number of halogens is 2. The average Bonchev–Trinajstić information content (AvgIpc) is 2.22. The van der Waals surface area contributed by atoms with Crippen LogP contribution in [0.2, 0.25) is 5.15 Å². The Bertz CT molecular complexity index is 402. The van der Waals surface area contributed by atoms with E-state index in [-0.39, 0.29) is 22.6 Å². The summed E-state index contributed by atoms with van der Waals surface area (Å²) in [5.41, 5.74) is 5.38. The van der Waals surface area contributed by atoms with E-state index in [0.29, 0.717) is 6.54 Å². The standard InChI is InChI=1S/C9H10ClFN4/c1-5(3-12)14-9-7(11)2-6(4-13)8(10)15-9/h2,5H,3,12H2,1H3,(H,14,15)/t5-/m1/s1. The second-order valence-electron chi connectivity index (χ2n) is 3.05. The molecule has 1 rings (SSSR count). The highest BCUT2D eigenvalue weighted by Crippen LogP contribution is 2.19. The molecule has 0 aliphatic rings. The molecule has 0 aliphatic heterocycles. The van der Waals surface area contributed by atoms with Crippen LogP contribution in [0.5, 0.6) is 0 Å². The summed E-state index contributed by atoms with van der Waals surface area (Å²) >= 11 is 5.66. The number of anilines is 1. The van der Waals surface area contributed by atoms with E-state index in [1.54, 1.807) is 13.0 Å². The van der Waals surface area contributed by atoms with Crippen LogP contribution in [0.25, 0.3) is 0 Å². The van der Waals surface area contributed by atoms with Crippen molar-refractivity contribution in [2.75, 3.05) is 11.9 Å². The van der Waals surface area contributed by atoms with Crippen LogP contribution in [-0.4, -0.2) is 17.6 Å².